The molecule has 2 saturated heterocycles. The quantitative estimate of drug-likeness (QED) is 0.759. The molecule has 2 aliphatic heterocycles. The number of nitrogens with zero attached hydrogens (tertiary/aromatic N) is 5. The highest BCUT2D eigenvalue weighted by Crippen LogP contribution is 2.22. The molecule has 0 saturated carbocycles. The summed E-state index contributed by atoms with van der Waals surface area (Å²) in [6.45, 7) is 3.84. The van der Waals surface area contributed by atoms with Crippen molar-refractivity contribution in [1.29, 1.82) is 0 Å². The third kappa shape index (κ3) is 4.51. The second-order valence-electron chi connectivity index (χ2n) is 7.50. The predicted octanol–water partition coefficient (Wildman–Crippen LogP) is 2.51. The maximum absolute atomic E-state index is 13.1. The third-order valence-corrected chi connectivity index (χ3v) is 7.49. The lowest BCUT2D eigenvalue weighted by atomic mass is 10.2. The highest BCUT2D eigenvalue weighted by molar-refractivity contribution is 7.89. The van der Waals surface area contributed by atoms with Gasteiger partial charge in [-0.25, -0.2) is 12.8 Å². The molecular formula is C20H26FN5O2S. The Bertz CT molecular complexity index is 905. The van der Waals surface area contributed by atoms with Gasteiger partial charge < -0.3 is 9.80 Å². The first-order valence-corrected chi connectivity index (χ1v) is 11.6. The van der Waals surface area contributed by atoms with Gasteiger partial charge in [-0.1, -0.05) is 12.8 Å². The Morgan fingerprint density at radius 3 is 1.72 bits per heavy atom. The molecule has 9 heteroatoms. The molecule has 156 valence electrons. The Balaban J connectivity index is 1.38. The van der Waals surface area contributed by atoms with Crippen molar-refractivity contribution in [3.63, 3.8) is 0 Å². The van der Waals surface area contributed by atoms with Gasteiger partial charge >= 0.3 is 0 Å². The fraction of sp³-hybridized carbons (Fsp3) is 0.500. The number of sulfonamides is 1. The number of piperazine rings is 1. The fourth-order valence-corrected chi connectivity index (χ4v) is 5.29. The van der Waals surface area contributed by atoms with Crippen LogP contribution in [0.4, 0.5) is 16.0 Å². The predicted molar refractivity (Wildman–Crippen MR) is 110 cm³/mol. The zero-order valence-electron chi connectivity index (χ0n) is 16.4. The normalized spacial score (nSPS) is 19.2. The average Bonchev–Trinajstić information content (AvgIpc) is 3.04. The van der Waals surface area contributed by atoms with Crippen LogP contribution >= 0.6 is 0 Å². The van der Waals surface area contributed by atoms with Gasteiger partial charge in [-0.15, -0.1) is 10.2 Å². The van der Waals surface area contributed by atoms with Crippen molar-refractivity contribution in [1.82, 2.24) is 14.5 Å². The fourth-order valence-electron chi connectivity index (χ4n) is 3.87. The summed E-state index contributed by atoms with van der Waals surface area (Å²) in [5.41, 5.74) is 0. The summed E-state index contributed by atoms with van der Waals surface area (Å²) in [4.78, 5) is 4.46. The highest BCUT2D eigenvalue weighted by atomic mass is 32.2. The van der Waals surface area contributed by atoms with Crippen LogP contribution in [-0.4, -0.2) is 62.2 Å². The van der Waals surface area contributed by atoms with Crippen LogP contribution in [0.3, 0.4) is 0 Å². The van der Waals surface area contributed by atoms with Crippen molar-refractivity contribution in [3.05, 3.63) is 42.2 Å². The monoisotopic (exact) mass is 419 g/mol. The van der Waals surface area contributed by atoms with E-state index in [1.165, 1.54) is 54.3 Å². The van der Waals surface area contributed by atoms with Gasteiger partial charge in [0.1, 0.15) is 5.82 Å². The van der Waals surface area contributed by atoms with Crippen LogP contribution in [-0.2, 0) is 10.0 Å². The largest absolute Gasteiger partial charge is 0.355 e. The lowest BCUT2D eigenvalue weighted by Crippen LogP contribution is -2.49. The van der Waals surface area contributed by atoms with E-state index in [4.69, 9.17) is 0 Å². The van der Waals surface area contributed by atoms with E-state index < -0.39 is 15.8 Å². The van der Waals surface area contributed by atoms with Crippen molar-refractivity contribution in [2.24, 2.45) is 0 Å². The molecule has 0 spiro atoms. The Morgan fingerprint density at radius 2 is 1.21 bits per heavy atom. The van der Waals surface area contributed by atoms with Crippen LogP contribution in [0.15, 0.2) is 41.3 Å². The molecule has 3 heterocycles. The van der Waals surface area contributed by atoms with Gasteiger partial charge in [0, 0.05) is 39.3 Å². The number of benzene rings is 1. The Kier molecular flexibility index (Phi) is 5.96. The molecule has 2 aliphatic rings. The van der Waals surface area contributed by atoms with Crippen molar-refractivity contribution >= 4 is 21.7 Å². The average molecular weight is 420 g/mol. The molecule has 1 aromatic carbocycles. The van der Waals surface area contributed by atoms with Gasteiger partial charge in [0.2, 0.25) is 10.0 Å². The zero-order valence-corrected chi connectivity index (χ0v) is 17.2. The van der Waals surface area contributed by atoms with E-state index in [-0.39, 0.29) is 4.90 Å². The van der Waals surface area contributed by atoms with E-state index in [9.17, 15) is 12.8 Å². The number of hydrogen-bond acceptors (Lipinski definition) is 6. The molecule has 0 aliphatic carbocycles. The molecule has 0 N–H and O–H groups in total. The number of aromatic nitrogens is 2. The first-order valence-electron chi connectivity index (χ1n) is 10.1. The topological polar surface area (TPSA) is 69.6 Å². The molecule has 4 rings (SSSR count). The minimum absolute atomic E-state index is 0.119. The highest BCUT2D eigenvalue weighted by Gasteiger charge is 2.29. The molecular weight excluding hydrogens is 393 g/mol. The summed E-state index contributed by atoms with van der Waals surface area (Å²) in [5, 5.41) is 8.80. The molecule has 0 radical (unpaired) electrons. The molecule has 2 aromatic rings. The molecule has 2 fully saturated rings. The summed E-state index contributed by atoms with van der Waals surface area (Å²) in [5.74, 6) is 1.23. The molecule has 7 nitrogen and oxygen atoms in total. The van der Waals surface area contributed by atoms with Gasteiger partial charge in [-0.05, 0) is 49.2 Å². The minimum Gasteiger partial charge on any atom is -0.355 e. The molecule has 0 bridgehead atoms. The molecule has 0 unspecified atom stereocenters. The number of halogens is 1. The van der Waals surface area contributed by atoms with Crippen LogP contribution in [0.25, 0.3) is 0 Å². The van der Waals surface area contributed by atoms with E-state index in [0.717, 1.165) is 24.7 Å². The number of rotatable bonds is 4. The Hall–Kier alpha value is -2.26. The maximum atomic E-state index is 13.1. The standard InChI is InChI=1S/C20H26FN5O2S/c21-17-5-7-18(8-6-17)29(27,28)26-15-13-25(14-16-26)20-10-9-19(22-23-20)24-11-3-1-2-4-12-24/h5-10H,1-4,11-16H2. The molecule has 0 atom stereocenters. The van der Waals surface area contributed by atoms with Crippen LogP contribution in [0.5, 0.6) is 0 Å². The van der Waals surface area contributed by atoms with Crippen LogP contribution in [0.1, 0.15) is 25.7 Å². The molecule has 1 aromatic heterocycles. The lowest BCUT2D eigenvalue weighted by molar-refractivity contribution is 0.383. The van der Waals surface area contributed by atoms with Gasteiger partial charge in [0.05, 0.1) is 4.90 Å². The summed E-state index contributed by atoms with van der Waals surface area (Å²) in [7, 11) is -3.61. The van der Waals surface area contributed by atoms with Crippen molar-refractivity contribution < 1.29 is 12.8 Å². The smallest absolute Gasteiger partial charge is 0.243 e. The molecule has 29 heavy (non-hydrogen) atoms. The first-order chi connectivity index (χ1) is 14.0. The van der Waals surface area contributed by atoms with Crippen LogP contribution in [0, 0.1) is 5.82 Å². The van der Waals surface area contributed by atoms with Gasteiger partial charge in [-0.3, -0.25) is 0 Å². The van der Waals surface area contributed by atoms with Crippen LogP contribution in [0.2, 0.25) is 0 Å². The minimum atomic E-state index is -3.61. The number of hydrogen-bond donors (Lipinski definition) is 0. The second-order valence-corrected chi connectivity index (χ2v) is 9.43. The summed E-state index contributed by atoms with van der Waals surface area (Å²) in [6, 6.07) is 8.94. The number of anilines is 2. The first kappa shape index (κ1) is 20.0. The van der Waals surface area contributed by atoms with E-state index in [0.29, 0.717) is 26.2 Å². The maximum Gasteiger partial charge on any atom is 0.243 e. The Labute approximate surface area is 171 Å². The van der Waals surface area contributed by atoms with Gasteiger partial charge in [-0.2, -0.15) is 4.31 Å². The van der Waals surface area contributed by atoms with Gasteiger partial charge in [0.25, 0.3) is 0 Å². The second kappa shape index (κ2) is 8.62. The van der Waals surface area contributed by atoms with Crippen molar-refractivity contribution in [2.75, 3.05) is 49.1 Å². The van der Waals surface area contributed by atoms with E-state index >= 15 is 0 Å². The van der Waals surface area contributed by atoms with Crippen molar-refractivity contribution in [3.8, 4) is 0 Å². The van der Waals surface area contributed by atoms with Gasteiger partial charge in [0.15, 0.2) is 11.6 Å². The van der Waals surface area contributed by atoms with E-state index in [1.807, 2.05) is 12.1 Å². The van der Waals surface area contributed by atoms with Crippen LogP contribution < -0.4 is 9.80 Å². The third-order valence-electron chi connectivity index (χ3n) is 5.58. The summed E-state index contributed by atoms with van der Waals surface area (Å²) >= 11 is 0. The summed E-state index contributed by atoms with van der Waals surface area (Å²) < 4.78 is 40.0. The zero-order chi connectivity index (χ0) is 20.3. The molecule has 0 amide bonds. The SMILES string of the molecule is O=S(=O)(c1ccc(F)cc1)N1CCN(c2ccc(N3CCCCCC3)nn2)CC1. The van der Waals surface area contributed by atoms with E-state index in [2.05, 4.69) is 20.0 Å². The Morgan fingerprint density at radius 1 is 0.690 bits per heavy atom. The summed E-state index contributed by atoms with van der Waals surface area (Å²) in [6.07, 6.45) is 4.92. The van der Waals surface area contributed by atoms with Crippen molar-refractivity contribution in [2.45, 2.75) is 30.6 Å². The van der Waals surface area contributed by atoms with E-state index in [1.54, 1.807) is 0 Å². The lowest BCUT2D eigenvalue weighted by Gasteiger charge is -2.34.